The molecule has 0 saturated carbocycles. The second kappa shape index (κ2) is 7.98. The number of amides is 1. The van der Waals surface area contributed by atoms with Crippen LogP contribution in [0.4, 0.5) is 27.6 Å². The van der Waals surface area contributed by atoms with E-state index in [0.717, 1.165) is 24.3 Å². The van der Waals surface area contributed by atoms with E-state index in [1.807, 2.05) is 0 Å². The van der Waals surface area contributed by atoms with Crippen molar-refractivity contribution in [3.8, 4) is 10.6 Å². The number of aromatic nitrogens is 3. The summed E-state index contributed by atoms with van der Waals surface area (Å²) in [4.78, 5) is 17.4. The van der Waals surface area contributed by atoms with Crippen LogP contribution in [0.1, 0.15) is 21.7 Å². The summed E-state index contributed by atoms with van der Waals surface area (Å²) in [6.07, 6.45) is -4.73. The molecule has 0 atom stereocenters. The van der Waals surface area contributed by atoms with E-state index < -0.39 is 33.7 Å². The number of halogens is 7. The van der Waals surface area contributed by atoms with Gasteiger partial charge in [-0.1, -0.05) is 17.7 Å². The summed E-state index contributed by atoms with van der Waals surface area (Å²) in [5.74, 6) is -0.938. The monoisotopic (exact) mass is 506 g/mol. The number of nitrogens with zero attached hydrogens (tertiary/aromatic N) is 3. The molecule has 3 aromatic heterocycles. The van der Waals surface area contributed by atoms with Gasteiger partial charge in [-0.3, -0.25) is 4.79 Å². The van der Waals surface area contributed by atoms with Crippen LogP contribution in [0.5, 0.6) is 0 Å². The molecule has 0 aliphatic carbocycles. The number of hydrogen-bond acceptors (Lipinski definition) is 4. The normalized spacial score (nSPS) is 12.3. The maximum absolute atomic E-state index is 14.0. The summed E-state index contributed by atoms with van der Waals surface area (Å²) in [6, 6.07) is 8.35. The SMILES string of the molecule is O=C(Nc1ccc(Cl)c(C(F)(F)F)c1)c1cc2nc(-c3cccs3)cc(C(F)(F)Cl)n2n1. The van der Waals surface area contributed by atoms with Crippen LogP contribution < -0.4 is 5.32 Å². The molecule has 1 N–H and O–H groups in total. The van der Waals surface area contributed by atoms with Crippen molar-refractivity contribution in [3.63, 3.8) is 0 Å². The van der Waals surface area contributed by atoms with Gasteiger partial charge in [0.2, 0.25) is 0 Å². The smallest absolute Gasteiger partial charge is 0.321 e. The Kier molecular flexibility index (Phi) is 5.60. The van der Waals surface area contributed by atoms with Crippen molar-refractivity contribution in [2.45, 2.75) is 11.6 Å². The Morgan fingerprint density at radius 2 is 1.84 bits per heavy atom. The van der Waals surface area contributed by atoms with Gasteiger partial charge in [0.1, 0.15) is 5.69 Å². The maximum atomic E-state index is 14.0. The molecule has 0 aliphatic heterocycles. The van der Waals surface area contributed by atoms with Gasteiger partial charge in [0, 0.05) is 11.8 Å². The number of fused-ring (bicyclic) bond motifs is 1. The summed E-state index contributed by atoms with van der Waals surface area (Å²) in [5, 5.41) is 3.42. The van der Waals surface area contributed by atoms with E-state index in [1.165, 1.54) is 11.3 Å². The number of thiophene rings is 1. The van der Waals surface area contributed by atoms with Crippen molar-refractivity contribution in [3.05, 3.63) is 69.8 Å². The predicted octanol–water partition coefficient (Wildman–Crippen LogP) is 6.67. The van der Waals surface area contributed by atoms with Gasteiger partial charge in [-0.2, -0.15) is 27.1 Å². The van der Waals surface area contributed by atoms with Gasteiger partial charge in [-0.25, -0.2) is 9.50 Å². The van der Waals surface area contributed by atoms with Crippen molar-refractivity contribution >= 4 is 51.8 Å². The van der Waals surface area contributed by atoms with Crippen LogP contribution in [-0.2, 0) is 11.6 Å². The highest BCUT2D eigenvalue weighted by Crippen LogP contribution is 2.37. The third kappa shape index (κ3) is 4.41. The summed E-state index contributed by atoms with van der Waals surface area (Å²) in [6.45, 7) is 0. The van der Waals surface area contributed by atoms with Crippen LogP contribution in [0.3, 0.4) is 0 Å². The molecule has 0 saturated heterocycles. The van der Waals surface area contributed by atoms with Gasteiger partial charge in [0.25, 0.3) is 5.91 Å². The number of benzene rings is 1. The van der Waals surface area contributed by atoms with E-state index in [-0.39, 0.29) is 22.7 Å². The highest BCUT2D eigenvalue weighted by molar-refractivity contribution is 7.13. The molecule has 4 aromatic rings. The average Bonchev–Trinajstić information content (AvgIpc) is 3.36. The number of nitrogens with one attached hydrogen (secondary N) is 1. The van der Waals surface area contributed by atoms with Gasteiger partial charge in [0.05, 0.1) is 21.2 Å². The fourth-order valence-electron chi connectivity index (χ4n) is 2.85. The first-order valence-electron chi connectivity index (χ1n) is 8.63. The van der Waals surface area contributed by atoms with E-state index in [2.05, 4.69) is 15.4 Å². The predicted molar refractivity (Wildman–Crippen MR) is 110 cm³/mol. The van der Waals surface area contributed by atoms with Crippen LogP contribution in [0.25, 0.3) is 16.2 Å². The molecule has 0 bridgehead atoms. The molecule has 166 valence electrons. The molecule has 0 fully saturated rings. The molecule has 3 heterocycles. The largest absolute Gasteiger partial charge is 0.417 e. The topological polar surface area (TPSA) is 59.3 Å². The van der Waals surface area contributed by atoms with Crippen LogP contribution >= 0.6 is 34.5 Å². The lowest BCUT2D eigenvalue weighted by molar-refractivity contribution is -0.137. The van der Waals surface area contributed by atoms with E-state index in [1.54, 1.807) is 17.5 Å². The standard InChI is InChI=1S/C19H9Cl2F5N4OS/c20-11-4-3-9(6-10(11)19(24,25)26)27-17(31)13-8-16-28-12(14-2-1-5-32-14)7-15(18(21,22)23)30(16)29-13/h1-8H,(H,27,31). The molecule has 32 heavy (non-hydrogen) atoms. The Balaban J connectivity index is 1.73. The lowest BCUT2D eigenvalue weighted by Crippen LogP contribution is -2.15. The molecule has 0 aliphatic rings. The highest BCUT2D eigenvalue weighted by Gasteiger charge is 2.34. The zero-order valence-corrected chi connectivity index (χ0v) is 17.8. The minimum absolute atomic E-state index is 0.0940. The zero-order chi connectivity index (χ0) is 23.3. The zero-order valence-electron chi connectivity index (χ0n) is 15.4. The van der Waals surface area contributed by atoms with Crippen molar-refractivity contribution < 1.29 is 26.7 Å². The van der Waals surface area contributed by atoms with Crippen molar-refractivity contribution in [2.75, 3.05) is 5.32 Å². The van der Waals surface area contributed by atoms with E-state index in [0.29, 0.717) is 15.5 Å². The summed E-state index contributed by atoms with van der Waals surface area (Å²) in [5.41, 5.74) is -2.33. The number of carbonyl (C=O) groups excluding carboxylic acids is 1. The van der Waals surface area contributed by atoms with Crippen LogP contribution in [0.2, 0.25) is 5.02 Å². The summed E-state index contributed by atoms with van der Waals surface area (Å²) < 4.78 is 67.9. The van der Waals surface area contributed by atoms with Gasteiger partial charge >= 0.3 is 11.6 Å². The number of hydrogen-bond donors (Lipinski definition) is 1. The van der Waals surface area contributed by atoms with Gasteiger partial charge in [0.15, 0.2) is 11.3 Å². The Bertz CT molecular complexity index is 1320. The van der Waals surface area contributed by atoms with Gasteiger partial charge in [-0.05, 0) is 47.3 Å². The minimum Gasteiger partial charge on any atom is -0.321 e. The number of anilines is 1. The molecule has 1 aromatic carbocycles. The van der Waals surface area contributed by atoms with Crippen molar-refractivity contribution in [1.82, 2.24) is 14.6 Å². The first-order chi connectivity index (χ1) is 14.9. The Morgan fingerprint density at radius 1 is 1.09 bits per heavy atom. The van der Waals surface area contributed by atoms with E-state index >= 15 is 0 Å². The van der Waals surface area contributed by atoms with Gasteiger partial charge in [-0.15, -0.1) is 11.3 Å². The second-order valence-electron chi connectivity index (χ2n) is 6.45. The molecular formula is C19H9Cl2F5N4OS. The van der Waals surface area contributed by atoms with Crippen molar-refractivity contribution in [2.24, 2.45) is 0 Å². The molecule has 0 unspecified atom stereocenters. The van der Waals surface area contributed by atoms with Crippen LogP contribution in [-0.4, -0.2) is 20.5 Å². The molecule has 0 spiro atoms. The molecule has 13 heteroatoms. The number of rotatable bonds is 4. The minimum atomic E-state index is -4.73. The van der Waals surface area contributed by atoms with Gasteiger partial charge < -0.3 is 5.32 Å². The van der Waals surface area contributed by atoms with Crippen LogP contribution in [0, 0.1) is 0 Å². The first kappa shape index (κ1) is 22.4. The first-order valence-corrected chi connectivity index (χ1v) is 10.3. The Hall–Kier alpha value is -2.76. The third-order valence-corrected chi connectivity index (χ3v) is 5.67. The Labute approximate surface area is 190 Å². The van der Waals surface area contributed by atoms with Crippen LogP contribution in [0.15, 0.2) is 47.8 Å². The molecule has 1 amide bonds. The highest BCUT2D eigenvalue weighted by atomic mass is 35.5. The fraction of sp³-hybridized carbons (Fsp3) is 0.105. The van der Waals surface area contributed by atoms with E-state index in [4.69, 9.17) is 23.2 Å². The molecule has 0 radical (unpaired) electrons. The van der Waals surface area contributed by atoms with E-state index in [9.17, 15) is 26.7 Å². The Morgan fingerprint density at radius 3 is 2.47 bits per heavy atom. The lowest BCUT2D eigenvalue weighted by Gasteiger charge is -2.11. The molecular weight excluding hydrogens is 498 g/mol. The lowest BCUT2D eigenvalue weighted by atomic mass is 10.2. The average molecular weight is 507 g/mol. The summed E-state index contributed by atoms with van der Waals surface area (Å²) in [7, 11) is 0. The summed E-state index contributed by atoms with van der Waals surface area (Å²) >= 11 is 12.1. The molecule has 5 nitrogen and oxygen atoms in total. The fourth-order valence-corrected chi connectivity index (χ4v) is 3.90. The quantitative estimate of drug-likeness (QED) is 0.248. The molecule has 4 rings (SSSR count). The van der Waals surface area contributed by atoms with Crippen molar-refractivity contribution in [1.29, 1.82) is 0 Å². The third-order valence-electron chi connectivity index (χ3n) is 4.25. The number of carbonyl (C=O) groups is 1. The number of alkyl halides is 6. The second-order valence-corrected chi connectivity index (χ2v) is 8.28. The maximum Gasteiger partial charge on any atom is 0.417 e.